The molecule has 4 heterocycles. The highest BCUT2D eigenvalue weighted by molar-refractivity contribution is 5.90. The molecule has 4 atom stereocenters. The fourth-order valence-electron chi connectivity index (χ4n) is 11.4. The maximum Gasteiger partial charge on any atom is 0.350 e. The van der Waals surface area contributed by atoms with Crippen LogP contribution in [0, 0.1) is 17.6 Å². The van der Waals surface area contributed by atoms with Gasteiger partial charge < -0.3 is 43.7 Å². The summed E-state index contributed by atoms with van der Waals surface area (Å²) >= 11 is 0. The Bertz CT molecular complexity index is 2950. The Morgan fingerprint density at radius 1 is 0.700 bits per heavy atom. The number of hydrogen-bond acceptors (Lipinski definition) is 16. The van der Waals surface area contributed by atoms with E-state index in [0.717, 1.165) is 99.7 Å². The van der Waals surface area contributed by atoms with E-state index in [1.54, 1.807) is 17.9 Å². The monoisotopic (exact) mass is 1250 g/mol. The first-order valence-electron chi connectivity index (χ1n) is 32.6. The molecule has 2 aliphatic rings. The molecule has 2 aliphatic heterocycles. The Balaban J connectivity index is 0.000000299. The van der Waals surface area contributed by atoms with Crippen molar-refractivity contribution in [2.45, 2.75) is 199 Å². The average molecular weight is 1260 g/mol. The quantitative estimate of drug-likeness (QED) is 0.0161. The Kier molecular flexibility index (Phi) is 31.0. The molecule has 0 saturated carbocycles. The van der Waals surface area contributed by atoms with E-state index in [-0.39, 0.29) is 50.2 Å². The summed E-state index contributed by atoms with van der Waals surface area (Å²) in [7, 11) is 0. The fourth-order valence-corrected chi connectivity index (χ4v) is 11.4. The van der Waals surface area contributed by atoms with Gasteiger partial charge in [-0.25, -0.2) is 42.1 Å². The van der Waals surface area contributed by atoms with Crippen LogP contribution < -0.4 is 20.2 Å². The van der Waals surface area contributed by atoms with E-state index >= 15 is 0 Å². The van der Waals surface area contributed by atoms with Gasteiger partial charge in [0.1, 0.15) is 55.2 Å². The van der Waals surface area contributed by atoms with Crippen LogP contribution in [0.25, 0.3) is 5.69 Å². The van der Waals surface area contributed by atoms with Gasteiger partial charge in [-0.2, -0.15) is 10.2 Å². The molecule has 494 valence electrons. The number of rotatable bonds is 39. The number of benzene rings is 3. The number of aliphatic carboxylic acids is 1. The second-order valence-corrected chi connectivity index (χ2v) is 23.6. The maximum atomic E-state index is 15.0. The third-order valence-electron chi connectivity index (χ3n) is 16.4. The molecule has 2 saturated heterocycles. The van der Waals surface area contributed by atoms with Crippen LogP contribution in [-0.2, 0) is 50.3 Å². The average Bonchev–Trinajstić information content (AvgIpc) is 1.65. The summed E-state index contributed by atoms with van der Waals surface area (Å²) in [5.74, 6) is -3.56. The number of anilines is 2. The minimum Gasteiger partial charge on any atom is -0.493 e. The van der Waals surface area contributed by atoms with Crippen molar-refractivity contribution in [3.63, 3.8) is 0 Å². The van der Waals surface area contributed by atoms with Gasteiger partial charge in [0.05, 0.1) is 37.6 Å². The molecule has 2 unspecified atom stereocenters. The second-order valence-electron chi connectivity index (χ2n) is 23.6. The molecule has 90 heavy (non-hydrogen) atoms. The van der Waals surface area contributed by atoms with Crippen LogP contribution in [0.3, 0.4) is 0 Å². The zero-order valence-corrected chi connectivity index (χ0v) is 53.3. The first-order valence-corrected chi connectivity index (χ1v) is 32.6. The molecular weight excluding hydrogens is 1160 g/mol. The summed E-state index contributed by atoms with van der Waals surface area (Å²) in [5.41, 5.74) is 1.93. The highest BCUT2D eigenvalue weighted by Crippen LogP contribution is 2.42. The Hall–Kier alpha value is -7.46. The summed E-state index contributed by atoms with van der Waals surface area (Å²) in [4.78, 5) is 68.5. The molecule has 0 aliphatic carbocycles. The molecule has 2 aromatic heterocycles. The summed E-state index contributed by atoms with van der Waals surface area (Å²) in [6.45, 7) is 11.9. The normalized spacial score (nSPS) is 16.4. The lowest BCUT2D eigenvalue weighted by atomic mass is 9.87. The van der Waals surface area contributed by atoms with Crippen molar-refractivity contribution < 1.29 is 61.9 Å². The Morgan fingerprint density at radius 3 is 1.73 bits per heavy atom. The lowest BCUT2D eigenvalue weighted by molar-refractivity contribution is -0.163. The second kappa shape index (κ2) is 38.9. The number of hydrogen-bond donors (Lipinski definition) is 2. The van der Waals surface area contributed by atoms with E-state index in [2.05, 4.69) is 51.0 Å². The van der Waals surface area contributed by atoms with Crippen molar-refractivity contribution in [3.8, 4) is 11.4 Å². The summed E-state index contributed by atoms with van der Waals surface area (Å²) in [5, 5.41) is 27.2. The Morgan fingerprint density at radius 2 is 1.23 bits per heavy atom. The molecule has 20 nitrogen and oxygen atoms in total. The van der Waals surface area contributed by atoms with Crippen molar-refractivity contribution >= 4 is 35.3 Å². The number of ether oxygens (including phenoxy) is 5. The summed E-state index contributed by atoms with van der Waals surface area (Å²) in [6.07, 6.45) is 26.4. The molecular formula is C68H96F2N8O12. The third kappa shape index (κ3) is 24.1. The zero-order chi connectivity index (χ0) is 64.5. The molecule has 2 N–H and O–H groups in total. The van der Waals surface area contributed by atoms with Gasteiger partial charge in [-0.3, -0.25) is 9.59 Å². The predicted molar refractivity (Wildman–Crippen MR) is 340 cm³/mol. The molecule has 0 radical (unpaired) electrons. The van der Waals surface area contributed by atoms with Crippen molar-refractivity contribution in [3.05, 3.63) is 126 Å². The maximum absolute atomic E-state index is 15.0. The number of carbonyl (C=O) groups excluding carboxylic acids is 3. The van der Waals surface area contributed by atoms with Crippen LogP contribution in [0.5, 0.6) is 5.75 Å². The number of piperazine rings is 1. The predicted octanol–water partition coefficient (Wildman–Crippen LogP) is 12.0. The number of carbonyl (C=O) groups is 4. The zero-order valence-electron chi connectivity index (χ0n) is 53.3. The largest absolute Gasteiger partial charge is 0.493 e. The number of aliphatic hydroxyl groups excluding tert-OH is 1. The van der Waals surface area contributed by atoms with Gasteiger partial charge in [0.15, 0.2) is 6.10 Å². The highest BCUT2D eigenvalue weighted by Gasteiger charge is 2.45. The van der Waals surface area contributed by atoms with Gasteiger partial charge in [0.25, 0.3) is 0 Å². The summed E-state index contributed by atoms with van der Waals surface area (Å²) in [6, 6.07) is 19.2. The Labute approximate surface area is 528 Å². The van der Waals surface area contributed by atoms with Crippen molar-refractivity contribution in [1.29, 1.82) is 0 Å². The van der Waals surface area contributed by atoms with Crippen LogP contribution in [0.2, 0.25) is 0 Å². The lowest BCUT2D eigenvalue weighted by Gasteiger charge is -2.37. The molecule has 2 fully saturated rings. The van der Waals surface area contributed by atoms with E-state index in [0.29, 0.717) is 37.7 Å². The fraction of sp³-hybridized carbons (Fsp3) is 0.588. The van der Waals surface area contributed by atoms with Gasteiger partial charge in [-0.15, -0.1) is 0 Å². The van der Waals surface area contributed by atoms with Crippen LogP contribution in [0.15, 0.2) is 103 Å². The van der Waals surface area contributed by atoms with Crippen LogP contribution in [-0.4, -0.2) is 128 Å². The number of aliphatic hydroxyl groups is 1. The molecule has 7 rings (SSSR count). The smallest absolute Gasteiger partial charge is 0.350 e. The first kappa shape index (κ1) is 71.6. The van der Waals surface area contributed by atoms with E-state index < -0.39 is 53.3 Å². The van der Waals surface area contributed by atoms with Gasteiger partial charge in [0.2, 0.25) is 0 Å². The molecule has 5 aromatic rings. The van der Waals surface area contributed by atoms with E-state index in [1.165, 1.54) is 111 Å². The van der Waals surface area contributed by atoms with Crippen molar-refractivity contribution in [1.82, 2.24) is 29.1 Å². The number of aromatic nitrogens is 6. The minimum absolute atomic E-state index is 0.0121. The van der Waals surface area contributed by atoms with E-state index in [4.69, 9.17) is 28.8 Å². The van der Waals surface area contributed by atoms with Crippen LogP contribution in [0.1, 0.15) is 181 Å². The lowest BCUT2D eigenvalue weighted by Crippen LogP contribution is -2.46. The number of carboxylic acid groups (broad SMARTS) is 1. The minimum atomic E-state index is -1.29. The molecule has 0 bridgehead atoms. The number of esters is 3. The third-order valence-corrected chi connectivity index (χ3v) is 16.4. The first-order chi connectivity index (χ1) is 43.6. The van der Waals surface area contributed by atoms with Gasteiger partial charge in [0, 0.05) is 80.1 Å². The van der Waals surface area contributed by atoms with Crippen LogP contribution >= 0.6 is 0 Å². The van der Waals surface area contributed by atoms with Gasteiger partial charge in [-0.05, 0) is 87.2 Å². The van der Waals surface area contributed by atoms with Gasteiger partial charge in [-0.1, -0.05) is 130 Å². The van der Waals surface area contributed by atoms with Crippen LogP contribution in [0.4, 0.5) is 20.2 Å². The molecule has 22 heteroatoms. The number of nitrogens with zero attached hydrogens (tertiary/aromatic N) is 8. The van der Waals surface area contributed by atoms with Gasteiger partial charge >= 0.3 is 29.6 Å². The molecule has 3 aromatic carbocycles. The molecule has 0 amide bonds. The van der Waals surface area contributed by atoms with E-state index in [9.17, 15) is 37.9 Å². The topological polar surface area (TPSA) is 232 Å². The number of unbranched alkanes of at least 4 members (excludes halogenated alkanes) is 16. The standard InChI is InChI=1S/C37H42F2N8O4.C31H54O8/c1-3-35(26(2)48)47-36(49)46(25-42-47)31-7-5-29(6-8-31)43-14-16-44(17-15-43)30-9-11-32(12-10-30)50-20-27-19-37(51-21-27,22-45-24-40-23-41-45)33-13-4-28(38)18-34(33)39;1-3-5-7-9-11-13-15-17-19-21-29(34)37-25-27(39-31(36)24-23-28(32)33)26-38-30(35)22-20-18-16-14-12-10-8-6-4-2/h4-13,18,23-27,35,48H,3,14-17,19-22H2,1-2H3;23-24,27H,3-22,25-26H2,1-2H3,(H,32,33)/b;24-23+/t26?,27-,35?,37+;/m1./s1. The number of halogens is 2. The SMILES string of the molecule is CCC(C(C)O)n1ncn(-c2ccc(N3CCN(c4ccc(OC[C@@H]5CO[C@@](Cn6cncn6)(c6ccc(F)cc6F)C5)cc4)CC3)cc2)c1=O.CCCCCCCCCCCC(=O)OCC(COC(=O)CCCCCCCCCCC)OC(=O)/C=C/C(=O)O. The summed E-state index contributed by atoms with van der Waals surface area (Å²) < 4.78 is 61.2. The van der Waals surface area contributed by atoms with Crippen molar-refractivity contribution in [2.24, 2.45) is 5.92 Å². The number of carboxylic acids is 1. The highest BCUT2D eigenvalue weighted by atomic mass is 19.1. The van der Waals surface area contributed by atoms with E-state index in [1.807, 2.05) is 43.3 Å². The van der Waals surface area contributed by atoms with Crippen molar-refractivity contribution in [2.75, 3.05) is 62.4 Å². The molecule has 0 spiro atoms.